The van der Waals surface area contributed by atoms with Crippen molar-refractivity contribution in [2.45, 2.75) is 51.9 Å². The van der Waals surface area contributed by atoms with E-state index in [0.717, 1.165) is 6.42 Å². The van der Waals surface area contributed by atoms with Crippen molar-refractivity contribution in [2.24, 2.45) is 5.92 Å². The number of nitro benzene ring substituents is 1. The number of amides is 1. The number of nitro groups is 1. The van der Waals surface area contributed by atoms with Crippen LogP contribution < -0.4 is 5.32 Å². The molecule has 1 fully saturated rings. The van der Waals surface area contributed by atoms with Gasteiger partial charge in [-0.3, -0.25) is 19.7 Å². The Morgan fingerprint density at radius 2 is 2.00 bits per heavy atom. The summed E-state index contributed by atoms with van der Waals surface area (Å²) in [6, 6.07) is 4.22. The summed E-state index contributed by atoms with van der Waals surface area (Å²) >= 11 is 0. The van der Waals surface area contributed by atoms with Crippen LogP contribution in [0, 0.1) is 23.0 Å². The second-order valence-corrected chi connectivity index (χ2v) is 6.51. The normalized spacial score (nSPS) is 14.8. The molecule has 0 bridgehead atoms. The van der Waals surface area contributed by atoms with Gasteiger partial charge in [0.25, 0.3) is 11.6 Å². The smallest absolute Gasteiger partial charge is 0.306 e. The molecule has 0 aliphatic heterocycles. The molecule has 0 radical (unpaired) electrons. The van der Waals surface area contributed by atoms with Gasteiger partial charge in [-0.2, -0.15) is 0 Å². The van der Waals surface area contributed by atoms with Crippen LogP contribution >= 0.6 is 0 Å². The Labute approximate surface area is 146 Å². The summed E-state index contributed by atoms with van der Waals surface area (Å²) in [5, 5.41) is 13.3. The molecule has 0 aromatic heterocycles. The van der Waals surface area contributed by atoms with Crippen molar-refractivity contribution in [3.63, 3.8) is 0 Å². The molecular formula is C18H24N2O5. The minimum Gasteiger partial charge on any atom is -0.456 e. The van der Waals surface area contributed by atoms with E-state index < -0.39 is 10.8 Å². The van der Waals surface area contributed by atoms with Crippen LogP contribution in [0.2, 0.25) is 0 Å². The molecule has 0 spiro atoms. The first kappa shape index (κ1) is 18.9. The molecule has 0 unspecified atom stereocenters. The number of esters is 1. The predicted molar refractivity (Wildman–Crippen MR) is 93.2 cm³/mol. The molecule has 136 valence electrons. The van der Waals surface area contributed by atoms with Crippen molar-refractivity contribution in [3.8, 4) is 0 Å². The highest BCUT2D eigenvalue weighted by molar-refractivity contribution is 5.93. The molecule has 0 heterocycles. The Morgan fingerprint density at radius 3 is 2.68 bits per heavy atom. The molecule has 0 saturated heterocycles. The third kappa shape index (κ3) is 6.17. The van der Waals surface area contributed by atoms with Crippen molar-refractivity contribution < 1.29 is 19.2 Å². The number of nitrogens with one attached hydrogen (secondary N) is 1. The fourth-order valence-electron chi connectivity index (χ4n) is 3.06. The summed E-state index contributed by atoms with van der Waals surface area (Å²) in [4.78, 5) is 33.9. The molecule has 1 amide bonds. The number of benzene rings is 1. The van der Waals surface area contributed by atoms with Crippen LogP contribution in [-0.2, 0) is 14.3 Å². The molecule has 1 saturated carbocycles. The summed E-state index contributed by atoms with van der Waals surface area (Å²) in [6.07, 6.45) is 7.20. The molecule has 7 nitrogen and oxygen atoms in total. The van der Waals surface area contributed by atoms with Crippen LogP contribution in [0.3, 0.4) is 0 Å². The molecule has 25 heavy (non-hydrogen) atoms. The third-order valence-electron chi connectivity index (χ3n) is 4.55. The molecule has 1 aliphatic rings. The minimum atomic E-state index is -0.527. The first-order valence-electron chi connectivity index (χ1n) is 8.66. The lowest BCUT2D eigenvalue weighted by Gasteiger charge is -2.20. The zero-order valence-electron chi connectivity index (χ0n) is 14.5. The van der Waals surface area contributed by atoms with Gasteiger partial charge >= 0.3 is 5.97 Å². The van der Waals surface area contributed by atoms with Gasteiger partial charge < -0.3 is 10.1 Å². The summed E-state index contributed by atoms with van der Waals surface area (Å²) in [5.74, 6) is -0.297. The predicted octanol–water partition coefficient (Wildman–Crippen LogP) is 3.75. The van der Waals surface area contributed by atoms with Crippen LogP contribution in [0.5, 0.6) is 0 Å². The van der Waals surface area contributed by atoms with Crippen molar-refractivity contribution >= 4 is 23.3 Å². The molecule has 1 aromatic rings. The van der Waals surface area contributed by atoms with E-state index in [2.05, 4.69) is 5.32 Å². The fraction of sp³-hybridized carbons (Fsp3) is 0.556. The molecule has 0 atom stereocenters. The number of carbonyl (C=O) groups excluding carboxylic acids is 2. The number of aryl methyl sites for hydroxylation is 1. The van der Waals surface area contributed by atoms with Gasteiger partial charge in [0.05, 0.1) is 10.6 Å². The van der Waals surface area contributed by atoms with Crippen molar-refractivity contribution in [3.05, 3.63) is 33.9 Å². The van der Waals surface area contributed by atoms with Crippen LogP contribution in [0.4, 0.5) is 11.4 Å². The number of hydrogen-bond donors (Lipinski definition) is 1. The maximum atomic E-state index is 11.9. The van der Waals surface area contributed by atoms with E-state index in [0.29, 0.717) is 23.6 Å². The second-order valence-electron chi connectivity index (χ2n) is 6.51. The highest BCUT2D eigenvalue weighted by Crippen LogP contribution is 2.27. The Morgan fingerprint density at radius 1 is 1.28 bits per heavy atom. The SMILES string of the molecule is Cc1ccc([N+](=O)[O-])cc1NC(=O)COC(=O)CCC1CCCCC1. The standard InChI is InChI=1S/C18H24N2O5/c1-13-7-9-15(20(23)24)11-16(13)19-17(21)12-25-18(22)10-8-14-5-3-2-4-6-14/h7,9,11,14H,2-6,8,10,12H2,1H3,(H,19,21). The van der Waals surface area contributed by atoms with E-state index in [-0.39, 0.29) is 18.3 Å². The van der Waals surface area contributed by atoms with Gasteiger partial charge in [0, 0.05) is 18.6 Å². The zero-order valence-corrected chi connectivity index (χ0v) is 14.5. The van der Waals surface area contributed by atoms with E-state index in [9.17, 15) is 19.7 Å². The van der Waals surface area contributed by atoms with Gasteiger partial charge in [-0.25, -0.2) is 0 Å². The first-order chi connectivity index (χ1) is 12.0. The second kappa shape index (κ2) is 9.15. The molecule has 1 N–H and O–H groups in total. The summed E-state index contributed by atoms with van der Waals surface area (Å²) in [7, 11) is 0. The highest BCUT2D eigenvalue weighted by atomic mass is 16.6. The van der Waals surface area contributed by atoms with Gasteiger partial charge in [0.1, 0.15) is 0 Å². The summed E-state index contributed by atoms with van der Waals surface area (Å²) in [6.45, 7) is 1.35. The number of carbonyl (C=O) groups is 2. The van der Waals surface area contributed by atoms with E-state index in [1.165, 1.54) is 44.2 Å². The Hall–Kier alpha value is -2.44. The number of nitrogens with zero attached hydrogens (tertiary/aromatic N) is 1. The van der Waals surface area contributed by atoms with Crippen molar-refractivity contribution in [1.82, 2.24) is 0 Å². The number of anilines is 1. The van der Waals surface area contributed by atoms with Gasteiger partial charge in [0.2, 0.25) is 0 Å². The van der Waals surface area contributed by atoms with Crippen LogP contribution in [0.25, 0.3) is 0 Å². The molecule has 1 aromatic carbocycles. The molecular weight excluding hydrogens is 324 g/mol. The molecule has 1 aliphatic carbocycles. The fourth-order valence-corrected chi connectivity index (χ4v) is 3.06. The maximum absolute atomic E-state index is 11.9. The molecule has 2 rings (SSSR count). The van der Waals surface area contributed by atoms with E-state index >= 15 is 0 Å². The first-order valence-corrected chi connectivity index (χ1v) is 8.66. The Bertz CT molecular complexity index is 638. The van der Waals surface area contributed by atoms with Gasteiger partial charge in [-0.15, -0.1) is 0 Å². The van der Waals surface area contributed by atoms with Gasteiger partial charge in [-0.05, 0) is 24.8 Å². The number of non-ortho nitro benzene ring substituents is 1. The maximum Gasteiger partial charge on any atom is 0.306 e. The largest absolute Gasteiger partial charge is 0.456 e. The summed E-state index contributed by atoms with van der Waals surface area (Å²) < 4.78 is 5.00. The average Bonchev–Trinajstić information content (AvgIpc) is 2.60. The Kier molecular flexibility index (Phi) is 6.91. The number of rotatable bonds is 7. The lowest BCUT2D eigenvalue weighted by Crippen LogP contribution is -2.21. The van der Waals surface area contributed by atoms with E-state index in [4.69, 9.17) is 4.74 Å². The van der Waals surface area contributed by atoms with Crippen LogP contribution in [-0.4, -0.2) is 23.4 Å². The minimum absolute atomic E-state index is 0.106. The third-order valence-corrected chi connectivity index (χ3v) is 4.55. The Balaban J connectivity index is 1.75. The van der Waals surface area contributed by atoms with Gasteiger partial charge in [-0.1, -0.05) is 38.2 Å². The lowest BCUT2D eigenvalue weighted by molar-refractivity contribution is -0.384. The van der Waals surface area contributed by atoms with Crippen LogP contribution in [0.1, 0.15) is 50.5 Å². The average molecular weight is 348 g/mol. The highest BCUT2D eigenvalue weighted by Gasteiger charge is 2.16. The number of hydrogen-bond acceptors (Lipinski definition) is 5. The number of ether oxygens (including phenoxy) is 1. The van der Waals surface area contributed by atoms with Gasteiger partial charge in [0.15, 0.2) is 6.61 Å². The monoisotopic (exact) mass is 348 g/mol. The van der Waals surface area contributed by atoms with Crippen molar-refractivity contribution in [2.75, 3.05) is 11.9 Å². The van der Waals surface area contributed by atoms with E-state index in [1.54, 1.807) is 13.0 Å². The molecule has 7 heteroatoms. The quantitative estimate of drug-likeness (QED) is 0.460. The topological polar surface area (TPSA) is 98.5 Å². The van der Waals surface area contributed by atoms with Crippen LogP contribution in [0.15, 0.2) is 18.2 Å². The zero-order chi connectivity index (χ0) is 18.2. The van der Waals surface area contributed by atoms with E-state index in [1.807, 2.05) is 0 Å². The lowest BCUT2D eigenvalue weighted by atomic mass is 9.86. The summed E-state index contributed by atoms with van der Waals surface area (Å²) in [5.41, 5.74) is 0.936. The van der Waals surface area contributed by atoms with Crippen molar-refractivity contribution in [1.29, 1.82) is 0 Å².